The number of anilines is 1. The van der Waals surface area contributed by atoms with Gasteiger partial charge in [-0.25, -0.2) is 0 Å². The predicted octanol–water partition coefficient (Wildman–Crippen LogP) is 4.42. The predicted molar refractivity (Wildman–Crippen MR) is 60.8 cm³/mol. The van der Waals surface area contributed by atoms with Gasteiger partial charge in [-0.2, -0.15) is 30.7 Å². The van der Waals surface area contributed by atoms with Crippen LogP contribution in [-0.2, 0) is 4.79 Å². The van der Waals surface area contributed by atoms with Crippen LogP contribution in [0.3, 0.4) is 0 Å². The monoisotopic (exact) mass is 337 g/mol. The van der Waals surface area contributed by atoms with Crippen LogP contribution in [0.25, 0.3) is 0 Å². The minimum absolute atomic E-state index is 0.0174. The Morgan fingerprint density at radius 3 is 2.00 bits per heavy atom. The number of nitrogens with one attached hydrogen (secondary N) is 1. The highest BCUT2D eigenvalue weighted by molar-refractivity contribution is 6.31. The Morgan fingerprint density at radius 1 is 1.05 bits per heavy atom. The number of hydrogen-bond acceptors (Lipinski definition) is 1. The summed E-state index contributed by atoms with van der Waals surface area (Å²) in [6.07, 6.45) is -6.57. The zero-order valence-corrected chi connectivity index (χ0v) is 10.9. The highest BCUT2D eigenvalue weighted by atomic mass is 35.5. The van der Waals surface area contributed by atoms with Crippen molar-refractivity contribution in [3.8, 4) is 0 Å². The molecule has 118 valence electrons. The zero-order valence-electron chi connectivity index (χ0n) is 10.2. The summed E-state index contributed by atoms with van der Waals surface area (Å²) in [7, 11) is 0. The summed E-state index contributed by atoms with van der Waals surface area (Å²) in [5.41, 5.74) is -0.0497. The fourth-order valence-electron chi connectivity index (χ4n) is 1.34. The molecule has 1 amide bonds. The van der Waals surface area contributed by atoms with Gasteiger partial charge in [0.1, 0.15) is 0 Å². The summed E-state index contributed by atoms with van der Waals surface area (Å²) in [5.74, 6) is -15.3. The molecule has 0 aromatic heterocycles. The maximum Gasteiger partial charge on any atom is 0.460 e. The van der Waals surface area contributed by atoms with E-state index in [-0.39, 0.29) is 5.02 Å². The summed E-state index contributed by atoms with van der Waals surface area (Å²) < 4.78 is 87.2. The smallest absolute Gasteiger partial charge is 0.321 e. The van der Waals surface area contributed by atoms with Crippen molar-refractivity contribution in [2.24, 2.45) is 0 Å². The lowest BCUT2D eigenvalue weighted by atomic mass is 10.1. The van der Waals surface area contributed by atoms with Gasteiger partial charge in [-0.15, -0.1) is 0 Å². The van der Waals surface area contributed by atoms with Crippen molar-refractivity contribution in [2.75, 3.05) is 5.32 Å². The summed E-state index contributed by atoms with van der Waals surface area (Å²) in [6.45, 7) is 1.45. The first-order chi connectivity index (χ1) is 9.29. The van der Waals surface area contributed by atoms with Crippen LogP contribution in [-0.4, -0.2) is 23.9 Å². The minimum atomic E-state index is -6.57. The van der Waals surface area contributed by atoms with E-state index in [0.29, 0.717) is 5.56 Å². The van der Waals surface area contributed by atoms with Gasteiger partial charge in [0.15, 0.2) is 0 Å². The van der Waals surface area contributed by atoms with Gasteiger partial charge < -0.3 is 5.32 Å². The quantitative estimate of drug-likeness (QED) is 0.813. The molecule has 0 atom stereocenters. The van der Waals surface area contributed by atoms with E-state index in [0.717, 1.165) is 12.1 Å². The molecule has 0 saturated carbocycles. The van der Waals surface area contributed by atoms with Crippen molar-refractivity contribution in [1.82, 2.24) is 0 Å². The van der Waals surface area contributed by atoms with Crippen molar-refractivity contribution in [1.29, 1.82) is 0 Å². The first-order valence-corrected chi connectivity index (χ1v) is 5.58. The van der Waals surface area contributed by atoms with Crippen LogP contribution in [0.5, 0.6) is 0 Å². The van der Waals surface area contributed by atoms with Crippen LogP contribution in [0.4, 0.5) is 36.4 Å². The van der Waals surface area contributed by atoms with Crippen molar-refractivity contribution >= 4 is 23.2 Å². The first-order valence-electron chi connectivity index (χ1n) is 5.20. The Bertz CT molecular complexity index is 536. The second-order valence-electron chi connectivity index (χ2n) is 4.12. The molecule has 0 radical (unpaired) electrons. The Balaban J connectivity index is 3.07. The van der Waals surface area contributed by atoms with E-state index in [4.69, 9.17) is 11.6 Å². The number of rotatable bonds is 3. The van der Waals surface area contributed by atoms with E-state index in [1.165, 1.54) is 18.3 Å². The number of halogens is 8. The van der Waals surface area contributed by atoms with Crippen LogP contribution in [0.2, 0.25) is 5.02 Å². The van der Waals surface area contributed by atoms with E-state index in [2.05, 4.69) is 0 Å². The van der Waals surface area contributed by atoms with Crippen molar-refractivity contribution < 1.29 is 35.5 Å². The van der Waals surface area contributed by atoms with E-state index in [1.807, 2.05) is 0 Å². The van der Waals surface area contributed by atoms with Crippen molar-refractivity contribution in [2.45, 2.75) is 24.9 Å². The normalized spacial score (nSPS) is 13.2. The molecule has 0 fully saturated rings. The molecule has 1 rings (SSSR count). The molecular formula is C11H7ClF7NO. The molecule has 10 heteroatoms. The number of amides is 1. The van der Waals surface area contributed by atoms with Gasteiger partial charge >= 0.3 is 23.9 Å². The lowest BCUT2D eigenvalue weighted by Gasteiger charge is -2.27. The number of aryl methyl sites for hydroxylation is 1. The minimum Gasteiger partial charge on any atom is -0.321 e. The van der Waals surface area contributed by atoms with E-state index < -0.39 is 29.6 Å². The van der Waals surface area contributed by atoms with E-state index in [1.54, 1.807) is 0 Å². The van der Waals surface area contributed by atoms with Gasteiger partial charge in [0.05, 0.1) is 0 Å². The molecule has 0 heterocycles. The lowest BCUT2D eigenvalue weighted by molar-refractivity contribution is -0.343. The van der Waals surface area contributed by atoms with Gasteiger partial charge in [-0.05, 0) is 30.7 Å². The molecule has 1 aromatic rings. The Kier molecular flexibility index (Phi) is 4.48. The van der Waals surface area contributed by atoms with Crippen LogP contribution < -0.4 is 5.32 Å². The fraction of sp³-hybridized carbons (Fsp3) is 0.364. The fourth-order valence-corrected chi connectivity index (χ4v) is 1.63. The number of alkyl halides is 7. The average molecular weight is 338 g/mol. The van der Waals surface area contributed by atoms with Crippen LogP contribution >= 0.6 is 11.6 Å². The van der Waals surface area contributed by atoms with Crippen molar-refractivity contribution in [3.63, 3.8) is 0 Å². The molecule has 1 N–H and O–H groups in total. The Morgan fingerprint density at radius 2 is 1.57 bits per heavy atom. The highest BCUT2D eigenvalue weighted by Gasteiger charge is 2.76. The summed E-state index contributed by atoms with van der Waals surface area (Å²) in [4.78, 5) is 11.1. The standard InChI is InChI=1S/C11H7ClF7NO/c1-5-2-6(12)4-7(3-5)20-8(21)9(13,14)10(15,16)11(17,18)19/h2-4H,1H3,(H,20,21). The maximum atomic E-state index is 13.1. The SMILES string of the molecule is Cc1cc(Cl)cc(NC(=O)C(F)(F)C(F)(F)C(F)(F)F)c1. The van der Waals surface area contributed by atoms with Crippen LogP contribution in [0, 0.1) is 6.92 Å². The topological polar surface area (TPSA) is 29.1 Å². The third kappa shape index (κ3) is 3.39. The van der Waals surface area contributed by atoms with Gasteiger partial charge in [-0.3, -0.25) is 4.79 Å². The molecule has 0 aliphatic heterocycles. The van der Waals surface area contributed by atoms with Crippen LogP contribution in [0.1, 0.15) is 5.56 Å². The van der Waals surface area contributed by atoms with Gasteiger partial charge in [0, 0.05) is 10.7 Å². The van der Waals surface area contributed by atoms with Gasteiger partial charge in [0.25, 0.3) is 0 Å². The van der Waals surface area contributed by atoms with Crippen molar-refractivity contribution in [3.05, 3.63) is 28.8 Å². The molecule has 0 bridgehead atoms. The maximum absolute atomic E-state index is 13.1. The molecule has 21 heavy (non-hydrogen) atoms. The van der Waals surface area contributed by atoms with Crippen LogP contribution in [0.15, 0.2) is 18.2 Å². The highest BCUT2D eigenvalue weighted by Crippen LogP contribution is 2.46. The number of benzene rings is 1. The third-order valence-corrected chi connectivity index (χ3v) is 2.55. The largest absolute Gasteiger partial charge is 0.460 e. The summed E-state index contributed by atoms with van der Waals surface area (Å²) in [6, 6.07) is 3.36. The Hall–Kier alpha value is -1.51. The molecule has 0 aliphatic carbocycles. The zero-order chi connectivity index (χ0) is 16.6. The average Bonchev–Trinajstić information content (AvgIpc) is 2.25. The second kappa shape index (κ2) is 5.36. The number of carbonyl (C=O) groups is 1. The Labute approximate surface area is 118 Å². The second-order valence-corrected chi connectivity index (χ2v) is 4.55. The number of carbonyl (C=O) groups excluding carboxylic acids is 1. The molecular weight excluding hydrogens is 331 g/mol. The molecule has 1 aromatic carbocycles. The molecule has 0 unspecified atom stereocenters. The lowest BCUT2D eigenvalue weighted by Crippen LogP contribution is -2.57. The molecule has 0 saturated heterocycles. The summed E-state index contributed by atoms with van der Waals surface area (Å²) in [5, 5.41) is 1.27. The third-order valence-electron chi connectivity index (χ3n) is 2.34. The van der Waals surface area contributed by atoms with Gasteiger partial charge in [-0.1, -0.05) is 11.6 Å². The summed E-state index contributed by atoms with van der Waals surface area (Å²) >= 11 is 5.54. The van der Waals surface area contributed by atoms with E-state index >= 15 is 0 Å². The molecule has 0 aliphatic rings. The molecule has 2 nitrogen and oxygen atoms in total. The number of hydrogen-bond donors (Lipinski definition) is 1. The van der Waals surface area contributed by atoms with Gasteiger partial charge in [0.2, 0.25) is 0 Å². The molecule has 0 spiro atoms. The van der Waals surface area contributed by atoms with E-state index in [9.17, 15) is 35.5 Å². The first kappa shape index (κ1) is 17.5.